The average Bonchev–Trinajstić information content (AvgIpc) is 2.68. The Morgan fingerprint density at radius 2 is 2.25 bits per heavy atom. The van der Waals surface area contributed by atoms with Crippen LogP contribution in [-0.4, -0.2) is 16.2 Å². The molecular formula is C12H15N3O. The molecule has 4 heteroatoms. The lowest BCUT2D eigenvalue weighted by Crippen LogP contribution is -2.00. The van der Waals surface area contributed by atoms with Gasteiger partial charge in [0.15, 0.2) is 0 Å². The molecule has 2 aromatic rings. The van der Waals surface area contributed by atoms with E-state index >= 15 is 0 Å². The molecule has 0 aliphatic heterocycles. The van der Waals surface area contributed by atoms with Gasteiger partial charge in [-0.3, -0.25) is 0 Å². The molecule has 16 heavy (non-hydrogen) atoms. The van der Waals surface area contributed by atoms with Crippen LogP contribution in [0.25, 0.3) is 5.69 Å². The summed E-state index contributed by atoms with van der Waals surface area (Å²) in [6, 6.07) is 5.72. The van der Waals surface area contributed by atoms with E-state index in [-0.39, 0.29) is 0 Å². The molecule has 0 fully saturated rings. The molecule has 1 aromatic carbocycles. The van der Waals surface area contributed by atoms with Gasteiger partial charge in [-0.15, -0.1) is 0 Å². The number of imidazole rings is 1. The molecule has 0 atom stereocenters. The Balaban J connectivity index is 2.43. The van der Waals surface area contributed by atoms with Crippen LogP contribution >= 0.6 is 0 Å². The van der Waals surface area contributed by atoms with Crippen molar-refractivity contribution in [1.29, 1.82) is 0 Å². The third kappa shape index (κ3) is 1.86. The van der Waals surface area contributed by atoms with Gasteiger partial charge in [-0.1, -0.05) is 0 Å². The van der Waals surface area contributed by atoms with Crippen LogP contribution in [0.4, 0.5) is 5.69 Å². The summed E-state index contributed by atoms with van der Waals surface area (Å²) < 4.78 is 7.44. The highest BCUT2D eigenvalue weighted by Gasteiger charge is 2.05. The molecule has 0 spiro atoms. The van der Waals surface area contributed by atoms with E-state index in [0.717, 1.165) is 11.5 Å². The van der Waals surface area contributed by atoms with E-state index in [4.69, 9.17) is 10.5 Å². The molecule has 0 saturated carbocycles. The van der Waals surface area contributed by atoms with Crippen LogP contribution in [0, 0.1) is 6.92 Å². The minimum atomic E-state index is 0.608. The quantitative estimate of drug-likeness (QED) is 0.801. The summed E-state index contributed by atoms with van der Waals surface area (Å²) in [6.07, 6.45) is 3.68. The lowest BCUT2D eigenvalue weighted by atomic mass is 10.2. The Bertz CT molecular complexity index is 491. The first kappa shape index (κ1) is 10.5. The summed E-state index contributed by atoms with van der Waals surface area (Å²) in [5.74, 6) is 1.65. The molecule has 0 aliphatic rings. The maximum absolute atomic E-state index is 5.82. The summed E-state index contributed by atoms with van der Waals surface area (Å²) >= 11 is 0. The van der Waals surface area contributed by atoms with E-state index in [1.54, 1.807) is 6.20 Å². The minimum absolute atomic E-state index is 0.608. The first-order valence-electron chi connectivity index (χ1n) is 5.25. The van der Waals surface area contributed by atoms with Crippen molar-refractivity contribution in [3.05, 3.63) is 36.4 Å². The fourth-order valence-electron chi connectivity index (χ4n) is 1.60. The molecule has 0 unspecified atom stereocenters. The number of benzene rings is 1. The van der Waals surface area contributed by atoms with Crippen LogP contribution in [-0.2, 0) is 0 Å². The van der Waals surface area contributed by atoms with E-state index in [2.05, 4.69) is 4.98 Å². The highest BCUT2D eigenvalue weighted by molar-refractivity contribution is 5.57. The Kier molecular flexibility index (Phi) is 2.81. The van der Waals surface area contributed by atoms with Crippen molar-refractivity contribution < 1.29 is 4.74 Å². The third-order valence-corrected chi connectivity index (χ3v) is 2.40. The minimum Gasteiger partial charge on any atom is -0.492 e. The molecule has 2 N–H and O–H groups in total. The van der Waals surface area contributed by atoms with E-state index in [9.17, 15) is 0 Å². The van der Waals surface area contributed by atoms with Gasteiger partial charge in [-0.25, -0.2) is 4.98 Å². The van der Waals surface area contributed by atoms with Crippen molar-refractivity contribution in [2.45, 2.75) is 13.8 Å². The zero-order valence-electron chi connectivity index (χ0n) is 9.47. The third-order valence-electron chi connectivity index (χ3n) is 2.40. The van der Waals surface area contributed by atoms with Crippen molar-refractivity contribution in [3.63, 3.8) is 0 Å². The molecule has 1 heterocycles. The Morgan fingerprint density at radius 1 is 1.44 bits per heavy atom. The summed E-state index contributed by atoms with van der Waals surface area (Å²) in [7, 11) is 0. The molecule has 0 saturated heterocycles. The summed E-state index contributed by atoms with van der Waals surface area (Å²) in [5.41, 5.74) is 7.48. The Labute approximate surface area is 94.7 Å². The van der Waals surface area contributed by atoms with Crippen LogP contribution in [0.1, 0.15) is 12.7 Å². The predicted molar refractivity (Wildman–Crippen MR) is 63.9 cm³/mol. The molecule has 2 rings (SSSR count). The van der Waals surface area contributed by atoms with Gasteiger partial charge >= 0.3 is 0 Å². The highest BCUT2D eigenvalue weighted by atomic mass is 16.5. The second-order valence-electron chi connectivity index (χ2n) is 3.50. The molecule has 1 aromatic heterocycles. The standard InChI is InChI=1S/C12H15N3O/c1-3-16-12-8-10(4-5-11(12)13)15-7-6-14-9(15)2/h4-8H,3,13H2,1-2H3. The number of aromatic nitrogens is 2. The van der Waals surface area contributed by atoms with Crippen LogP contribution in [0.5, 0.6) is 5.75 Å². The van der Waals surface area contributed by atoms with Crippen LogP contribution in [0.15, 0.2) is 30.6 Å². The van der Waals surface area contributed by atoms with Crippen LogP contribution in [0.2, 0.25) is 0 Å². The van der Waals surface area contributed by atoms with Crippen molar-refractivity contribution in [3.8, 4) is 11.4 Å². The lowest BCUT2D eigenvalue weighted by molar-refractivity contribution is 0.342. The van der Waals surface area contributed by atoms with Gasteiger partial charge in [0, 0.05) is 18.5 Å². The average molecular weight is 217 g/mol. The number of nitrogens with zero attached hydrogens (tertiary/aromatic N) is 2. The Hall–Kier alpha value is -1.97. The van der Waals surface area contributed by atoms with Crippen LogP contribution < -0.4 is 10.5 Å². The van der Waals surface area contributed by atoms with Gasteiger partial charge in [0.2, 0.25) is 0 Å². The van der Waals surface area contributed by atoms with Gasteiger partial charge in [-0.05, 0) is 26.0 Å². The molecule has 0 aliphatic carbocycles. The fraction of sp³-hybridized carbons (Fsp3) is 0.250. The normalized spacial score (nSPS) is 10.4. The number of anilines is 1. The van der Waals surface area contributed by atoms with Gasteiger partial charge < -0.3 is 15.0 Å². The number of rotatable bonds is 3. The topological polar surface area (TPSA) is 53.1 Å². The molecule has 0 radical (unpaired) electrons. The summed E-state index contributed by atoms with van der Waals surface area (Å²) in [6.45, 7) is 4.50. The zero-order valence-corrected chi connectivity index (χ0v) is 9.47. The molecule has 0 amide bonds. The van der Waals surface area contributed by atoms with E-state index in [1.165, 1.54) is 0 Å². The first-order valence-corrected chi connectivity index (χ1v) is 5.25. The van der Waals surface area contributed by atoms with Gasteiger partial charge in [0.1, 0.15) is 11.6 Å². The van der Waals surface area contributed by atoms with Crippen LogP contribution in [0.3, 0.4) is 0 Å². The van der Waals surface area contributed by atoms with Crippen molar-refractivity contribution in [1.82, 2.24) is 9.55 Å². The predicted octanol–water partition coefficient (Wildman–Crippen LogP) is 2.16. The van der Waals surface area contributed by atoms with Gasteiger partial charge in [-0.2, -0.15) is 0 Å². The first-order chi connectivity index (χ1) is 7.72. The Morgan fingerprint density at radius 3 is 2.88 bits per heavy atom. The number of hydrogen-bond acceptors (Lipinski definition) is 3. The maximum Gasteiger partial charge on any atom is 0.144 e. The molecule has 84 valence electrons. The fourth-order valence-corrected chi connectivity index (χ4v) is 1.60. The van der Waals surface area contributed by atoms with Crippen molar-refractivity contribution in [2.75, 3.05) is 12.3 Å². The number of nitrogen functional groups attached to an aromatic ring is 1. The monoisotopic (exact) mass is 217 g/mol. The number of aryl methyl sites for hydroxylation is 1. The second kappa shape index (κ2) is 4.26. The number of nitrogens with two attached hydrogens (primary N) is 1. The summed E-state index contributed by atoms with van der Waals surface area (Å²) in [4.78, 5) is 4.18. The molecule has 4 nitrogen and oxygen atoms in total. The lowest BCUT2D eigenvalue weighted by Gasteiger charge is -2.10. The molecular weight excluding hydrogens is 202 g/mol. The zero-order chi connectivity index (χ0) is 11.5. The second-order valence-corrected chi connectivity index (χ2v) is 3.50. The van der Waals surface area contributed by atoms with Gasteiger partial charge in [0.05, 0.1) is 18.0 Å². The largest absolute Gasteiger partial charge is 0.492 e. The maximum atomic E-state index is 5.82. The van der Waals surface area contributed by atoms with Crippen molar-refractivity contribution in [2.24, 2.45) is 0 Å². The van der Waals surface area contributed by atoms with E-state index in [1.807, 2.05) is 42.8 Å². The van der Waals surface area contributed by atoms with Gasteiger partial charge in [0.25, 0.3) is 0 Å². The van der Waals surface area contributed by atoms with Crippen molar-refractivity contribution >= 4 is 5.69 Å². The van der Waals surface area contributed by atoms with E-state index < -0.39 is 0 Å². The number of ether oxygens (including phenoxy) is 1. The number of hydrogen-bond donors (Lipinski definition) is 1. The smallest absolute Gasteiger partial charge is 0.144 e. The van der Waals surface area contributed by atoms with E-state index in [0.29, 0.717) is 18.0 Å². The highest BCUT2D eigenvalue weighted by Crippen LogP contribution is 2.25. The molecule has 0 bridgehead atoms. The summed E-state index contributed by atoms with van der Waals surface area (Å²) in [5, 5.41) is 0. The SMILES string of the molecule is CCOc1cc(-n2ccnc2C)ccc1N.